The van der Waals surface area contributed by atoms with E-state index in [-0.39, 0.29) is 0 Å². The zero-order valence-corrected chi connectivity index (χ0v) is 12.8. The second-order valence-electron chi connectivity index (χ2n) is 5.39. The molecule has 19 heavy (non-hydrogen) atoms. The molecule has 1 heterocycles. The molecule has 1 unspecified atom stereocenters. The number of rotatable bonds is 7. The molecule has 0 saturated heterocycles. The molecule has 1 aromatic rings. The Balaban J connectivity index is 1.86. The lowest BCUT2D eigenvalue weighted by molar-refractivity contribution is 0.513. The van der Waals surface area contributed by atoms with Crippen LogP contribution in [0.1, 0.15) is 57.1 Å². The molecule has 0 bridgehead atoms. The van der Waals surface area contributed by atoms with Crippen molar-refractivity contribution >= 4 is 11.8 Å². The molecule has 1 N–H and O–H groups in total. The van der Waals surface area contributed by atoms with E-state index in [1.165, 1.54) is 49.8 Å². The van der Waals surface area contributed by atoms with Crippen molar-refractivity contribution in [3.63, 3.8) is 0 Å². The summed E-state index contributed by atoms with van der Waals surface area (Å²) in [6.45, 7) is 3.31. The van der Waals surface area contributed by atoms with Crippen LogP contribution in [0.3, 0.4) is 0 Å². The first-order chi connectivity index (χ1) is 9.40. The number of hydrogen-bond donors (Lipinski definition) is 1. The number of nitrogens with one attached hydrogen (secondary N) is 1. The van der Waals surface area contributed by atoms with Gasteiger partial charge in [0.1, 0.15) is 0 Å². The van der Waals surface area contributed by atoms with Crippen LogP contribution in [-0.4, -0.2) is 22.5 Å². The molecule has 106 valence electrons. The molecule has 0 radical (unpaired) electrons. The van der Waals surface area contributed by atoms with Crippen LogP contribution in [0.4, 0.5) is 0 Å². The Morgan fingerprint density at radius 1 is 1.37 bits per heavy atom. The lowest BCUT2D eigenvalue weighted by Crippen LogP contribution is -2.25. The van der Waals surface area contributed by atoms with Crippen LogP contribution < -0.4 is 5.32 Å². The summed E-state index contributed by atoms with van der Waals surface area (Å²) >= 11 is 2.16. The Labute approximate surface area is 121 Å². The summed E-state index contributed by atoms with van der Waals surface area (Å²) in [6, 6.07) is 4.70. The smallest absolute Gasteiger partial charge is 0.0427 e. The van der Waals surface area contributed by atoms with Crippen molar-refractivity contribution in [1.29, 1.82) is 0 Å². The van der Waals surface area contributed by atoms with Gasteiger partial charge in [0.05, 0.1) is 0 Å². The van der Waals surface area contributed by atoms with Crippen molar-refractivity contribution in [1.82, 2.24) is 10.3 Å². The van der Waals surface area contributed by atoms with Crippen LogP contribution in [0.15, 0.2) is 24.5 Å². The topological polar surface area (TPSA) is 24.9 Å². The van der Waals surface area contributed by atoms with Crippen LogP contribution in [0.25, 0.3) is 0 Å². The number of pyridine rings is 1. The van der Waals surface area contributed by atoms with E-state index in [0.717, 1.165) is 11.8 Å². The molecule has 0 aromatic carbocycles. The summed E-state index contributed by atoms with van der Waals surface area (Å²) in [5, 5.41) is 4.55. The molecule has 1 atom stereocenters. The molecule has 1 aromatic heterocycles. The fourth-order valence-corrected chi connectivity index (χ4v) is 4.08. The Hall–Kier alpha value is -0.540. The van der Waals surface area contributed by atoms with Crippen LogP contribution in [-0.2, 0) is 0 Å². The van der Waals surface area contributed by atoms with Gasteiger partial charge in [-0.25, -0.2) is 0 Å². The molecular weight excluding hydrogens is 252 g/mol. The van der Waals surface area contributed by atoms with E-state index in [4.69, 9.17) is 0 Å². The van der Waals surface area contributed by atoms with Crippen LogP contribution >= 0.6 is 11.8 Å². The van der Waals surface area contributed by atoms with Crippen LogP contribution in [0.2, 0.25) is 0 Å². The highest BCUT2D eigenvalue weighted by Gasteiger charge is 2.17. The zero-order chi connectivity index (χ0) is 13.3. The van der Waals surface area contributed by atoms with Crippen molar-refractivity contribution in [3.8, 4) is 0 Å². The summed E-state index contributed by atoms with van der Waals surface area (Å²) in [5.74, 6) is 1.18. The maximum Gasteiger partial charge on any atom is 0.0427 e. The molecular formula is C16H26N2S. The predicted octanol–water partition coefficient (Wildman–Crippen LogP) is 4.19. The SMILES string of the molecule is CCCNC(CSC1CCCCC1)c1cccnc1. The largest absolute Gasteiger partial charge is 0.309 e. The Bertz CT molecular complexity index is 336. The molecule has 1 aliphatic rings. The number of thioether (sulfide) groups is 1. The van der Waals surface area contributed by atoms with Gasteiger partial charge in [0.2, 0.25) is 0 Å². The monoisotopic (exact) mass is 278 g/mol. The van der Waals surface area contributed by atoms with Gasteiger partial charge in [0, 0.05) is 29.4 Å². The van der Waals surface area contributed by atoms with Gasteiger partial charge in [-0.05, 0) is 37.4 Å². The van der Waals surface area contributed by atoms with Gasteiger partial charge < -0.3 is 5.32 Å². The zero-order valence-electron chi connectivity index (χ0n) is 12.0. The van der Waals surface area contributed by atoms with E-state index in [1.807, 2.05) is 18.5 Å². The maximum absolute atomic E-state index is 4.26. The summed E-state index contributed by atoms with van der Waals surface area (Å²) in [6.07, 6.45) is 12.2. The summed E-state index contributed by atoms with van der Waals surface area (Å²) < 4.78 is 0. The minimum absolute atomic E-state index is 0.459. The summed E-state index contributed by atoms with van der Waals surface area (Å²) in [4.78, 5) is 4.26. The third kappa shape index (κ3) is 5.15. The second-order valence-corrected chi connectivity index (χ2v) is 6.72. The quantitative estimate of drug-likeness (QED) is 0.809. The molecule has 1 aliphatic carbocycles. The molecule has 0 aliphatic heterocycles. The van der Waals surface area contributed by atoms with Gasteiger partial charge in [0.15, 0.2) is 0 Å². The van der Waals surface area contributed by atoms with Crippen molar-refractivity contribution in [2.24, 2.45) is 0 Å². The van der Waals surface area contributed by atoms with Crippen molar-refractivity contribution in [3.05, 3.63) is 30.1 Å². The first-order valence-electron chi connectivity index (χ1n) is 7.65. The third-order valence-electron chi connectivity index (χ3n) is 3.78. The molecule has 0 amide bonds. The molecule has 2 nitrogen and oxygen atoms in total. The minimum atomic E-state index is 0.459. The highest BCUT2D eigenvalue weighted by molar-refractivity contribution is 7.99. The Morgan fingerprint density at radius 3 is 2.89 bits per heavy atom. The fourth-order valence-electron chi connectivity index (χ4n) is 2.64. The van der Waals surface area contributed by atoms with Crippen LogP contribution in [0, 0.1) is 0 Å². The maximum atomic E-state index is 4.26. The first kappa shape index (κ1) is 14.9. The van der Waals surface area contributed by atoms with E-state index in [2.05, 4.69) is 35.1 Å². The van der Waals surface area contributed by atoms with E-state index in [1.54, 1.807) is 0 Å². The van der Waals surface area contributed by atoms with Crippen molar-refractivity contribution in [2.45, 2.75) is 56.7 Å². The average molecular weight is 278 g/mol. The standard InChI is InChI=1S/C16H26N2S/c1-2-10-18-16(14-7-6-11-17-12-14)13-19-15-8-4-3-5-9-15/h6-7,11-12,15-16,18H,2-5,8-10,13H2,1H3. The van der Waals surface area contributed by atoms with E-state index in [9.17, 15) is 0 Å². The normalized spacial score (nSPS) is 18.4. The number of aromatic nitrogens is 1. The molecule has 1 saturated carbocycles. The molecule has 1 fully saturated rings. The summed E-state index contributed by atoms with van der Waals surface area (Å²) in [5.41, 5.74) is 1.33. The Morgan fingerprint density at radius 2 is 2.21 bits per heavy atom. The molecule has 3 heteroatoms. The van der Waals surface area contributed by atoms with Gasteiger partial charge in [-0.1, -0.05) is 32.3 Å². The van der Waals surface area contributed by atoms with Gasteiger partial charge in [0.25, 0.3) is 0 Å². The first-order valence-corrected chi connectivity index (χ1v) is 8.70. The van der Waals surface area contributed by atoms with Crippen molar-refractivity contribution in [2.75, 3.05) is 12.3 Å². The van der Waals surface area contributed by atoms with E-state index >= 15 is 0 Å². The molecule has 0 spiro atoms. The van der Waals surface area contributed by atoms with Crippen LogP contribution in [0.5, 0.6) is 0 Å². The average Bonchev–Trinajstić information content (AvgIpc) is 2.49. The lowest BCUT2D eigenvalue weighted by Gasteiger charge is -2.24. The predicted molar refractivity (Wildman–Crippen MR) is 84.6 cm³/mol. The van der Waals surface area contributed by atoms with Gasteiger partial charge >= 0.3 is 0 Å². The fraction of sp³-hybridized carbons (Fsp3) is 0.688. The van der Waals surface area contributed by atoms with Gasteiger partial charge in [-0.15, -0.1) is 0 Å². The highest BCUT2D eigenvalue weighted by atomic mass is 32.2. The van der Waals surface area contributed by atoms with Gasteiger partial charge in [-0.3, -0.25) is 4.98 Å². The van der Waals surface area contributed by atoms with E-state index in [0.29, 0.717) is 6.04 Å². The Kier molecular flexibility index (Phi) is 6.72. The minimum Gasteiger partial charge on any atom is -0.309 e. The van der Waals surface area contributed by atoms with Crippen molar-refractivity contribution < 1.29 is 0 Å². The number of nitrogens with zero attached hydrogens (tertiary/aromatic N) is 1. The summed E-state index contributed by atoms with van der Waals surface area (Å²) in [7, 11) is 0. The number of hydrogen-bond acceptors (Lipinski definition) is 3. The molecule has 2 rings (SSSR count). The third-order valence-corrected chi connectivity index (χ3v) is 5.25. The van der Waals surface area contributed by atoms with E-state index < -0.39 is 0 Å². The lowest BCUT2D eigenvalue weighted by atomic mass is 10.0. The van der Waals surface area contributed by atoms with Gasteiger partial charge in [-0.2, -0.15) is 11.8 Å². The highest BCUT2D eigenvalue weighted by Crippen LogP contribution is 2.30. The second kappa shape index (κ2) is 8.60.